The van der Waals surface area contributed by atoms with Gasteiger partial charge in [-0.25, -0.2) is 4.98 Å². The second-order valence-electron chi connectivity index (χ2n) is 3.57. The molecule has 0 aliphatic carbocycles. The highest BCUT2D eigenvalue weighted by atomic mass is 32.1. The lowest BCUT2D eigenvalue weighted by Crippen LogP contribution is -1.91. The molecule has 0 amide bonds. The van der Waals surface area contributed by atoms with Gasteiger partial charge in [0.1, 0.15) is 11.3 Å². The zero-order valence-corrected chi connectivity index (χ0v) is 11.0. The summed E-state index contributed by atoms with van der Waals surface area (Å²) in [6.07, 6.45) is 1.22. The van der Waals surface area contributed by atoms with Crippen LogP contribution in [0.25, 0.3) is 11.3 Å². The van der Waals surface area contributed by atoms with E-state index >= 15 is 0 Å². The van der Waals surface area contributed by atoms with Crippen LogP contribution in [0.15, 0.2) is 23.6 Å². The number of aromatic nitrogens is 1. The Morgan fingerprint density at radius 1 is 1.28 bits per heavy atom. The van der Waals surface area contributed by atoms with Crippen molar-refractivity contribution in [3.63, 3.8) is 0 Å². The van der Waals surface area contributed by atoms with E-state index in [1.165, 1.54) is 11.3 Å². The van der Waals surface area contributed by atoms with Gasteiger partial charge in [-0.3, -0.25) is 0 Å². The third-order valence-corrected chi connectivity index (χ3v) is 3.36. The molecule has 0 bridgehead atoms. The molecule has 0 radical (unpaired) electrons. The summed E-state index contributed by atoms with van der Waals surface area (Å²) >= 11 is 1.48. The monoisotopic (exact) mass is 263 g/mol. The number of carbonyl (C=O) groups is 1. The number of ether oxygens (including phenoxy) is 2. The number of rotatable bonds is 5. The fourth-order valence-corrected chi connectivity index (χ4v) is 2.36. The summed E-state index contributed by atoms with van der Waals surface area (Å²) in [6, 6.07) is 5.63. The molecule has 0 N–H and O–H groups in total. The quantitative estimate of drug-likeness (QED) is 0.778. The fourth-order valence-electron chi connectivity index (χ4n) is 1.60. The smallest absolute Gasteiger partial charge is 0.161 e. The van der Waals surface area contributed by atoms with Crippen LogP contribution in [0.1, 0.15) is 5.01 Å². The molecule has 1 aromatic carbocycles. The average molecular weight is 263 g/mol. The first kappa shape index (κ1) is 12.6. The van der Waals surface area contributed by atoms with Crippen LogP contribution < -0.4 is 9.47 Å². The van der Waals surface area contributed by atoms with E-state index in [1.54, 1.807) is 14.2 Å². The molecule has 0 atom stereocenters. The van der Waals surface area contributed by atoms with Crippen molar-refractivity contribution in [3.8, 4) is 22.8 Å². The van der Waals surface area contributed by atoms with Gasteiger partial charge < -0.3 is 14.3 Å². The lowest BCUT2D eigenvalue weighted by Gasteiger charge is -2.08. The van der Waals surface area contributed by atoms with Gasteiger partial charge in [0.15, 0.2) is 11.5 Å². The molecule has 18 heavy (non-hydrogen) atoms. The van der Waals surface area contributed by atoms with Crippen molar-refractivity contribution in [2.75, 3.05) is 14.2 Å². The SMILES string of the molecule is COc1ccc(-c2csc(CC=O)n2)cc1OC. The first-order valence-corrected chi connectivity index (χ1v) is 6.27. The molecule has 0 saturated carbocycles. The zero-order chi connectivity index (χ0) is 13.0. The van der Waals surface area contributed by atoms with Crippen LogP contribution in [0.3, 0.4) is 0 Å². The van der Waals surface area contributed by atoms with Gasteiger partial charge in [-0.2, -0.15) is 0 Å². The summed E-state index contributed by atoms with van der Waals surface area (Å²) in [4.78, 5) is 14.8. The van der Waals surface area contributed by atoms with E-state index in [2.05, 4.69) is 4.98 Å². The molecular weight excluding hydrogens is 250 g/mol. The Kier molecular flexibility index (Phi) is 3.94. The molecular formula is C13H13NO3S. The van der Waals surface area contributed by atoms with E-state index in [0.29, 0.717) is 17.9 Å². The van der Waals surface area contributed by atoms with Crippen LogP contribution in [-0.4, -0.2) is 25.5 Å². The summed E-state index contributed by atoms with van der Waals surface area (Å²) in [5.41, 5.74) is 1.79. The Labute approximate surface area is 109 Å². The van der Waals surface area contributed by atoms with Gasteiger partial charge >= 0.3 is 0 Å². The van der Waals surface area contributed by atoms with E-state index in [0.717, 1.165) is 22.6 Å². The standard InChI is InChI=1S/C13H13NO3S/c1-16-11-4-3-9(7-12(11)17-2)10-8-18-13(14-10)5-6-15/h3-4,6-8H,5H2,1-2H3. The summed E-state index contributed by atoms with van der Waals surface area (Å²) in [5, 5.41) is 2.75. The van der Waals surface area contributed by atoms with Gasteiger partial charge in [0.2, 0.25) is 0 Å². The van der Waals surface area contributed by atoms with Gasteiger partial charge in [0.25, 0.3) is 0 Å². The molecule has 2 aromatic rings. The molecule has 5 heteroatoms. The molecule has 1 heterocycles. The van der Waals surface area contributed by atoms with Crippen LogP contribution >= 0.6 is 11.3 Å². The van der Waals surface area contributed by atoms with Crippen LogP contribution in [-0.2, 0) is 11.2 Å². The molecule has 0 saturated heterocycles. The van der Waals surface area contributed by atoms with E-state index in [-0.39, 0.29) is 0 Å². The average Bonchev–Trinajstić information content (AvgIpc) is 2.87. The van der Waals surface area contributed by atoms with Crippen LogP contribution in [0.5, 0.6) is 11.5 Å². The van der Waals surface area contributed by atoms with E-state index < -0.39 is 0 Å². The highest BCUT2D eigenvalue weighted by Crippen LogP contribution is 2.32. The molecule has 0 fully saturated rings. The number of benzene rings is 1. The van der Waals surface area contributed by atoms with Crippen molar-refractivity contribution >= 4 is 17.6 Å². The minimum Gasteiger partial charge on any atom is -0.493 e. The molecule has 1 aromatic heterocycles. The maximum absolute atomic E-state index is 10.4. The van der Waals surface area contributed by atoms with Crippen molar-refractivity contribution in [1.82, 2.24) is 4.98 Å². The van der Waals surface area contributed by atoms with Crippen molar-refractivity contribution in [2.45, 2.75) is 6.42 Å². The number of hydrogen-bond donors (Lipinski definition) is 0. The number of thiazole rings is 1. The highest BCUT2D eigenvalue weighted by Gasteiger charge is 2.09. The number of carbonyl (C=O) groups excluding carboxylic acids is 1. The Bertz CT molecular complexity index is 551. The number of aldehydes is 1. The van der Waals surface area contributed by atoms with E-state index in [4.69, 9.17) is 9.47 Å². The van der Waals surface area contributed by atoms with Gasteiger partial charge in [-0.05, 0) is 18.2 Å². The third kappa shape index (κ3) is 2.51. The second-order valence-corrected chi connectivity index (χ2v) is 4.51. The number of hydrogen-bond acceptors (Lipinski definition) is 5. The predicted molar refractivity (Wildman–Crippen MR) is 70.4 cm³/mol. The predicted octanol–water partition coefficient (Wildman–Crippen LogP) is 2.57. The summed E-state index contributed by atoms with van der Waals surface area (Å²) in [7, 11) is 3.20. The number of methoxy groups -OCH3 is 2. The largest absolute Gasteiger partial charge is 0.493 e. The van der Waals surface area contributed by atoms with Crippen molar-refractivity contribution < 1.29 is 14.3 Å². The molecule has 2 rings (SSSR count). The first-order valence-electron chi connectivity index (χ1n) is 5.39. The fraction of sp³-hybridized carbons (Fsp3) is 0.231. The lowest BCUT2D eigenvalue weighted by molar-refractivity contribution is -0.107. The van der Waals surface area contributed by atoms with Gasteiger partial charge in [-0.1, -0.05) is 0 Å². The van der Waals surface area contributed by atoms with Gasteiger partial charge in [0, 0.05) is 10.9 Å². The zero-order valence-electron chi connectivity index (χ0n) is 10.2. The van der Waals surface area contributed by atoms with Crippen molar-refractivity contribution in [1.29, 1.82) is 0 Å². The van der Waals surface area contributed by atoms with Gasteiger partial charge in [-0.15, -0.1) is 11.3 Å². The molecule has 0 spiro atoms. The topological polar surface area (TPSA) is 48.4 Å². The highest BCUT2D eigenvalue weighted by molar-refractivity contribution is 7.10. The normalized spacial score (nSPS) is 10.1. The van der Waals surface area contributed by atoms with E-state index in [1.807, 2.05) is 23.6 Å². The maximum atomic E-state index is 10.4. The Hall–Kier alpha value is -1.88. The Morgan fingerprint density at radius 3 is 2.72 bits per heavy atom. The van der Waals surface area contributed by atoms with Crippen molar-refractivity contribution in [3.05, 3.63) is 28.6 Å². The van der Waals surface area contributed by atoms with E-state index in [9.17, 15) is 4.79 Å². The van der Waals surface area contributed by atoms with Crippen LogP contribution in [0.4, 0.5) is 0 Å². The third-order valence-electron chi connectivity index (χ3n) is 2.49. The molecule has 0 aliphatic heterocycles. The molecule has 0 unspecified atom stereocenters. The molecule has 0 aliphatic rings. The lowest BCUT2D eigenvalue weighted by atomic mass is 10.1. The Balaban J connectivity index is 2.34. The molecule has 94 valence electrons. The first-order chi connectivity index (χ1) is 8.78. The Morgan fingerprint density at radius 2 is 2.06 bits per heavy atom. The van der Waals surface area contributed by atoms with Crippen molar-refractivity contribution in [2.24, 2.45) is 0 Å². The maximum Gasteiger partial charge on any atom is 0.161 e. The minimum absolute atomic E-state index is 0.359. The van der Waals surface area contributed by atoms with Gasteiger partial charge in [0.05, 0.1) is 26.3 Å². The van der Waals surface area contributed by atoms with Crippen LogP contribution in [0.2, 0.25) is 0 Å². The molecule has 4 nitrogen and oxygen atoms in total. The summed E-state index contributed by atoms with van der Waals surface area (Å²) < 4.78 is 10.4. The minimum atomic E-state index is 0.359. The summed E-state index contributed by atoms with van der Waals surface area (Å²) in [6.45, 7) is 0. The second kappa shape index (κ2) is 5.64. The number of nitrogens with zero attached hydrogens (tertiary/aromatic N) is 1. The summed E-state index contributed by atoms with van der Waals surface area (Å²) in [5.74, 6) is 1.35. The van der Waals surface area contributed by atoms with Crippen LogP contribution in [0, 0.1) is 0 Å².